The first-order chi connectivity index (χ1) is 16.5. The molecule has 2 aromatic rings. The molecule has 9 nitrogen and oxygen atoms in total. The third-order valence-corrected chi connectivity index (χ3v) is 7.43. The first kappa shape index (κ1) is 26.8. The molecule has 3 rings (SSSR count). The van der Waals surface area contributed by atoms with Gasteiger partial charge in [-0.15, -0.1) is 0 Å². The van der Waals surface area contributed by atoms with Crippen LogP contribution < -0.4 is 19.1 Å². The second-order valence-electron chi connectivity index (χ2n) is 8.45. The molecule has 2 aromatic carbocycles. The Morgan fingerprint density at radius 1 is 1.09 bits per heavy atom. The third-order valence-electron chi connectivity index (χ3n) is 5.76. The number of hydrogen-bond acceptors (Lipinski definition) is 6. The Hall–Kier alpha value is -2.79. The van der Waals surface area contributed by atoms with E-state index in [0.717, 1.165) is 27.0 Å². The Morgan fingerprint density at radius 2 is 1.74 bits per heavy atom. The Bertz CT molecular complexity index is 1170. The molecule has 1 aliphatic heterocycles. The number of hydrogen-bond donors (Lipinski definition) is 1. The summed E-state index contributed by atoms with van der Waals surface area (Å²) in [4.78, 5) is 27.9. The van der Waals surface area contributed by atoms with Crippen molar-refractivity contribution in [3.63, 3.8) is 0 Å². The Labute approximate surface area is 214 Å². The number of fused-ring (bicyclic) bond motifs is 1. The van der Waals surface area contributed by atoms with Crippen molar-refractivity contribution >= 4 is 43.5 Å². The molecule has 1 heterocycles. The first-order valence-corrected chi connectivity index (χ1v) is 13.9. The molecule has 0 spiro atoms. The maximum Gasteiger partial charge on any atom is 0.244 e. The smallest absolute Gasteiger partial charge is 0.244 e. The van der Waals surface area contributed by atoms with Crippen molar-refractivity contribution in [2.24, 2.45) is 0 Å². The van der Waals surface area contributed by atoms with Crippen LogP contribution in [0.3, 0.4) is 0 Å². The number of rotatable bonds is 10. The van der Waals surface area contributed by atoms with Crippen LogP contribution in [0, 0.1) is 0 Å². The minimum atomic E-state index is -3.83. The summed E-state index contributed by atoms with van der Waals surface area (Å²) in [5, 5.41) is 2.90. The molecule has 2 amide bonds. The summed E-state index contributed by atoms with van der Waals surface area (Å²) in [6, 6.07) is 11.2. The van der Waals surface area contributed by atoms with E-state index in [-0.39, 0.29) is 31.0 Å². The quantitative estimate of drug-likeness (QED) is 0.472. The highest BCUT2D eigenvalue weighted by atomic mass is 79.9. The summed E-state index contributed by atoms with van der Waals surface area (Å²) in [5.41, 5.74) is 1.07. The van der Waals surface area contributed by atoms with Crippen molar-refractivity contribution in [1.82, 2.24) is 10.2 Å². The fourth-order valence-corrected chi connectivity index (χ4v) is 4.59. The van der Waals surface area contributed by atoms with E-state index in [0.29, 0.717) is 11.5 Å². The lowest BCUT2D eigenvalue weighted by Crippen LogP contribution is -2.52. The Morgan fingerprint density at radius 3 is 2.37 bits per heavy atom. The maximum absolute atomic E-state index is 13.6. The van der Waals surface area contributed by atoms with Crippen LogP contribution in [0.1, 0.15) is 32.8 Å². The lowest BCUT2D eigenvalue weighted by molar-refractivity contribution is -0.139. The lowest BCUT2D eigenvalue weighted by atomic mass is 10.1. The number of nitrogens with one attached hydrogen (secondary N) is 1. The molecule has 11 heteroatoms. The van der Waals surface area contributed by atoms with Crippen molar-refractivity contribution in [3.05, 3.63) is 52.5 Å². The molecule has 0 radical (unpaired) electrons. The number of anilines is 1. The predicted molar refractivity (Wildman–Crippen MR) is 137 cm³/mol. The summed E-state index contributed by atoms with van der Waals surface area (Å²) in [6.45, 7) is 5.18. The van der Waals surface area contributed by atoms with Crippen LogP contribution in [-0.4, -0.2) is 56.8 Å². The minimum absolute atomic E-state index is 0.0420. The molecular weight excluding hydrogens is 538 g/mol. The number of ether oxygens (including phenoxy) is 2. The molecule has 2 unspecified atom stereocenters. The van der Waals surface area contributed by atoms with E-state index in [4.69, 9.17) is 9.47 Å². The van der Waals surface area contributed by atoms with Crippen LogP contribution in [0.2, 0.25) is 0 Å². The molecule has 0 saturated heterocycles. The van der Waals surface area contributed by atoms with Crippen LogP contribution in [-0.2, 0) is 26.2 Å². The maximum atomic E-state index is 13.6. The van der Waals surface area contributed by atoms with E-state index in [2.05, 4.69) is 21.2 Å². The zero-order valence-electron chi connectivity index (χ0n) is 20.2. The van der Waals surface area contributed by atoms with E-state index in [1.165, 1.54) is 11.0 Å². The lowest BCUT2D eigenvalue weighted by Gasteiger charge is -2.32. The van der Waals surface area contributed by atoms with E-state index in [1.807, 2.05) is 38.1 Å². The van der Waals surface area contributed by atoms with Gasteiger partial charge in [-0.2, -0.15) is 0 Å². The highest BCUT2D eigenvalue weighted by Crippen LogP contribution is 2.36. The van der Waals surface area contributed by atoms with Crippen molar-refractivity contribution in [3.8, 4) is 11.5 Å². The molecule has 0 fully saturated rings. The first-order valence-electron chi connectivity index (χ1n) is 11.2. The van der Waals surface area contributed by atoms with Gasteiger partial charge in [-0.25, -0.2) is 8.42 Å². The zero-order valence-corrected chi connectivity index (χ0v) is 22.6. The fourth-order valence-electron chi connectivity index (χ4n) is 3.49. The average molecular weight is 568 g/mol. The predicted octanol–water partition coefficient (Wildman–Crippen LogP) is 3.28. The van der Waals surface area contributed by atoms with Crippen molar-refractivity contribution in [2.75, 3.05) is 23.9 Å². The molecule has 190 valence electrons. The molecule has 2 atom stereocenters. The second kappa shape index (κ2) is 11.3. The van der Waals surface area contributed by atoms with Crippen molar-refractivity contribution < 1.29 is 27.5 Å². The molecular formula is C24H30BrN3O6S. The molecule has 0 aliphatic carbocycles. The number of amides is 2. The van der Waals surface area contributed by atoms with Gasteiger partial charge < -0.3 is 19.7 Å². The van der Waals surface area contributed by atoms with Gasteiger partial charge in [0.1, 0.15) is 12.6 Å². The summed E-state index contributed by atoms with van der Waals surface area (Å²) < 4.78 is 37.9. The Balaban J connectivity index is 1.90. The number of carbonyl (C=O) groups is 2. The summed E-state index contributed by atoms with van der Waals surface area (Å²) in [7, 11) is -3.83. The van der Waals surface area contributed by atoms with Crippen molar-refractivity contribution in [2.45, 2.75) is 45.8 Å². The largest absolute Gasteiger partial charge is 0.454 e. The Kier molecular flexibility index (Phi) is 8.65. The molecule has 35 heavy (non-hydrogen) atoms. The van der Waals surface area contributed by atoms with Gasteiger partial charge >= 0.3 is 0 Å². The van der Waals surface area contributed by atoms with Gasteiger partial charge in [0.2, 0.25) is 28.6 Å². The number of nitrogens with zero attached hydrogens (tertiary/aromatic N) is 2. The van der Waals surface area contributed by atoms with Crippen LogP contribution in [0.15, 0.2) is 46.9 Å². The van der Waals surface area contributed by atoms with Gasteiger partial charge in [0.15, 0.2) is 11.5 Å². The van der Waals surface area contributed by atoms with Gasteiger partial charge in [-0.3, -0.25) is 13.9 Å². The molecule has 1 N–H and O–H groups in total. The number of halogens is 1. The normalized spacial score (nSPS) is 14.2. The standard InChI is InChI=1S/C24H30BrN3O6S/c1-5-16(2)26-24(30)17(3)27(13-18-6-8-19(25)9-7-18)23(29)14-28(35(4,31)32)20-10-11-21-22(12-20)34-15-33-21/h6-12,16-17H,5,13-15H2,1-4H3,(H,26,30). The summed E-state index contributed by atoms with van der Waals surface area (Å²) in [5.74, 6) is 0.0824. The van der Waals surface area contributed by atoms with Crippen LogP contribution >= 0.6 is 15.9 Å². The number of carbonyl (C=O) groups excluding carboxylic acids is 2. The van der Waals surface area contributed by atoms with Crippen molar-refractivity contribution in [1.29, 1.82) is 0 Å². The second-order valence-corrected chi connectivity index (χ2v) is 11.3. The fraction of sp³-hybridized carbons (Fsp3) is 0.417. The van der Waals surface area contributed by atoms with Gasteiger partial charge in [-0.05, 0) is 50.1 Å². The highest BCUT2D eigenvalue weighted by Gasteiger charge is 2.31. The third kappa shape index (κ3) is 6.88. The van der Waals surface area contributed by atoms with Gasteiger partial charge in [0.25, 0.3) is 0 Å². The van der Waals surface area contributed by atoms with Crippen LogP contribution in [0.5, 0.6) is 11.5 Å². The van der Waals surface area contributed by atoms with Gasteiger partial charge in [-0.1, -0.05) is 35.0 Å². The molecule has 1 aliphatic rings. The zero-order chi connectivity index (χ0) is 25.8. The monoisotopic (exact) mass is 567 g/mol. The SMILES string of the molecule is CCC(C)NC(=O)C(C)N(Cc1ccc(Br)cc1)C(=O)CN(c1ccc2c(c1)OCO2)S(C)(=O)=O. The van der Waals surface area contributed by atoms with Crippen LogP contribution in [0.25, 0.3) is 0 Å². The molecule has 0 bridgehead atoms. The topological polar surface area (TPSA) is 105 Å². The molecule has 0 aromatic heterocycles. The van der Waals surface area contributed by atoms with E-state index < -0.39 is 28.5 Å². The van der Waals surface area contributed by atoms with Gasteiger partial charge in [0, 0.05) is 23.1 Å². The number of benzene rings is 2. The number of sulfonamides is 1. The van der Waals surface area contributed by atoms with E-state index in [1.54, 1.807) is 19.1 Å². The summed E-state index contributed by atoms with van der Waals surface area (Å²) >= 11 is 3.39. The summed E-state index contributed by atoms with van der Waals surface area (Å²) in [6.07, 6.45) is 1.77. The van der Waals surface area contributed by atoms with Gasteiger partial charge in [0.05, 0.1) is 11.9 Å². The minimum Gasteiger partial charge on any atom is -0.454 e. The molecule has 0 saturated carbocycles. The highest BCUT2D eigenvalue weighted by molar-refractivity contribution is 9.10. The van der Waals surface area contributed by atoms with Crippen LogP contribution in [0.4, 0.5) is 5.69 Å². The average Bonchev–Trinajstić information content (AvgIpc) is 3.28. The van der Waals surface area contributed by atoms with E-state index in [9.17, 15) is 18.0 Å². The van der Waals surface area contributed by atoms with E-state index >= 15 is 0 Å².